The fraction of sp³-hybridized carbons (Fsp3) is 0.571. The zero-order chi connectivity index (χ0) is 16.7. The highest BCUT2D eigenvalue weighted by molar-refractivity contribution is 7.99. The fourth-order valence-corrected chi connectivity index (χ4v) is 2.48. The van der Waals surface area contributed by atoms with Crippen molar-refractivity contribution >= 4 is 35.2 Å². The number of thioether (sulfide) groups is 1. The fourth-order valence-electron chi connectivity index (χ4n) is 1.76. The Hall–Kier alpha value is -1.34. The van der Waals surface area contributed by atoms with Crippen LogP contribution < -0.4 is 5.32 Å². The summed E-state index contributed by atoms with van der Waals surface area (Å²) in [6, 6.07) is -0.731. The Kier molecular flexibility index (Phi) is 7.61. The first kappa shape index (κ1) is 18.7. The Labute approximate surface area is 139 Å². The minimum atomic E-state index is -0.731. The van der Waals surface area contributed by atoms with E-state index in [4.69, 9.17) is 16.3 Å². The molecule has 1 atom stereocenters. The van der Waals surface area contributed by atoms with Crippen molar-refractivity contribution in [1.82, 2.24) is 15.3 Å². The Balaban J connectivity index is 2.93. The molecule has 0 radical (unpaired) electrons. The monoisotopic (exact) mass is 345 g/mol. The van der Waals surface area contributed by atoms with E-state index < -0.39 is 17.9 Å². The van der Waals surface area contributed by atoms with Crippen LogP contribution in [0.15, 0.2) is 11.4 Å². The van der Waals surface area contributed by atoms with E-state index in [-0.39, 0.29) is 16.6 Å². The number of esters is 1. The Morgan fingerprint density at radius 1 is 1.45 bits per heavy atom. The molecule has 1 N–H and O–H groups in total. The van der Waals surface area contributed by atoms with Crippen LogP contribution in [0.5, 0.6) is 0 Å². The minimum Gasteiger partial charge on any atom is -0.467 e. The molecule has 0 spiro atoms. The molecule has 0 aliphatic carbocycles. The number of methoxy groups -OCH3 is 1. The maximum atomic E-state index is 12.3. The number of aromatic nitrogens is 2. The van der Waals surface area contributed by atoms with E-state index in [1.807, 2.05) is 20.8 Å². The maximum Gasteiger partial charge on any atom is 0.328 e. The van der Waals surface area contributed by atoms with Crippen LogP contribution in [0.4, 0.5) is 0 Å². The SMILES string of the molecule is CCSc1ncc(Cl)c(C(=O)NC(CC(C)C)C(=O)OC)n1. The van der Waals surface area contributed by atoms with Gasteiger partial charge in [0.15, 0.2) is 10.9 Å². The second kappa shape index (κ2) is 8.95. The van der Waals surface area contributed by atoms with E-state index in [9.17, 15) is 9.59 Å². The summed E-state index contributed by atoms with van der Waals surface area (Å²) in [4.78, 5) is 32.3. The van der Waals surface area contributed by atoms with E-state index in [1.165, 1.54) is 25.1 Å². The maximum absolute atomic E-state index is 12.3. The second-order valence-corrected chi connectivity index (χ2v) is 6.60. The van der Waals surface area contributed by atoms with Gasteiger partial charge in [0.1, 0.15) is 6.04 Å². The van der Waals surface area contributed by atoms with Crippen LogP contribution in [-0.4, -0.2) is 40.7 Å². The quantitative estimate of drug-likeness (QED) is 0.464. The van der Waals surface area contributed by atoms with Crippen LogP contribution >= 0.6 is 23.4 Å². The van der Waals surface area contributed by atoms with Gasteiger partial charge < -0.3 is 10.1 Å². The first-order valence-electron chi connectivity index (χ1n) is 6.93. The number of nitrogens with zero attached hydrogens (tertiary/aromatic N) is 2. The van der Waals surface area contributed by atoms with Gasteiger partial charge in [-0.05, 0) is 18.1 Å². The van der Waals surface area contributed by atoms with Crippen LogP contribution in [0.1, 0.15) is 37.7 Å². The first-order chi connectivity index (χ1) is 10.4. The number of hydrogen-bond acceptors (Lipinski definition) is 6. The highest BCUT2D eigenvalue weighted by Crippen LogP contribution is 2.18. The summed E-state index contributed by atoms with van der Waals surface area (Å²) in [5.41, 5.74) is 0.0604. The van der Waals surface area contributed by atoms with Gasteiger partial charge in [0.2, 0.25) is 0 Å². The lowest BCUT2D eigenvalue weighted by Gasteiger charge is -2.18. The summed E-state index contributed by atoms with van der Waals surface area (Å²) in [6.45, 7) is 5.86. The van der Waals surface area contributed by atoms with Gasteiger partial charge in [-0.2, -0.15) is 0 Å². The molecular weight excluding hydrogens is 326 g/mol. The molecule has 1 aromatic rings. The van der Waals surface area contributed by atoms with Crippen molar-refractivity contribution in [3.63, 3.8) is 0 Å². The minimum absolute atomic E-state index is 0.0604. The molecule has 1 amide bonds. The molecule has 0 bridgehead atoms. The van der Waals surface area contributed by atoms with E-state index in [1.54, 1.807) is 0 Å². The molecule has 0 aliphatic heterocycles. The number of halogens is 1. The Morgan fingerprint density at radius 3 is 2.68 bits per heavy atom. The molecule has 1 rings (SSSR count). The summed E-state index contributed by atoms with van der Waals surface area (Å²) < 4.78 is 4.72. The van der Waals surface area contributed by atoms with Crippen LogP contribution in [0.25, 0.3) is 0 Å². The molecule has 0 saturated heterocycles. The lowest BCUT2D eigenvalue weighted by molar-refractivity contribution is -0.143. The molecule has 0 aliphatic rings. The normalized spacial score (nSPS) is 12.1. The van der Waals surface area contributed by atoms with Crippen molar-refractivity contribution in [2.24, 2.45) is 5.92 Å². The molecule has 22 heavy (non-hydrogen) atoms. The standard InChI is InChI=1S/C14H20ClN3O3S/c1-5-22-14-16-7-9(15)11(18-14)12(19)17-10(6-8(2)3)13(20)21-4/h7-8,10H,5-6H2,1-4H3,(H,17,19). The number of carbonyl (C=O) groups is 2. The highest BCUT2D eigenvalue weighted by Gasteiger charge is 2.25. The summed E-state index contributed by atoms with van der Waals surface area (Å²) in [5.74, 6) is -0.00541. The number of ether oxygens (including phenoxy) is 1. The van der Waals surface area contributed by atoms with Crippen molar-refractivity contribution in [2.45, 2.75) is 38.4 Å². The third-order valence-electron chi connectivity index (χ3n) is 2.71. The summed E-state index contributed by atoms with van der Waals surface area (Å²) >= 11 is 7.39. The molecule has 0 aromatic carbocycles. The number of nitrogens with one attached hydrogen (secondary N) is 1. The third-order valence-corrected chi connectivity index (χ3v) is 3.73. The summed E-state index contributed by atoms with van der Waals surface area (Å²) in [5, 5.41) is 3.24. The summed E-state index contributed by atoms with van der Waals surface area (Å²) in [7, 11) is 1.29. The van der Waals surface area contributed by atoms with Gasteiger partial charge in [0.25, 0.3) is 5.91 Å². The van der Waals surface area contributed by atoms with E-state index in [2.05, 4.69) is 15.3 Å². The molecule has 6 nitrogen and oxygen atoms in total. The van der Waals surface area contributed by atoms with E-state index in [0.717, 1.165) is 5.75 Å². The molecule has 1 aromatic heterocycles. The van der Waals surface area contributed by atoms with Gasteiger partial charge in [-0.15, -0.1) is 0 Å². The van der Waals surface area contributed by atoms with Crippen LogP contribution in [0.2, 0.25) is 5.02 Å². The van der Waals surface area contributed by atoms with Crippen molar-refractivity contribution in [2.75, 3.05) is 12.9 Å². The van der Waals surface area contributed by atoms with Gasteiger partial charge in [-0.1, -0.05) is 44.1 Å². The molecule has 0 fully saturated rings. The molecule has 0 saturated carbocycles. The molecular formula is C14H20ClN3O3S. The number of carbonyl (C=O) groups excluding carboxylic acids is 2. The summed E-state index contributed by atoms with van der Waals surface area (Å²) in [6.07, 6.45) is 1.86. The van der Waals surface area contributed by atoms with Gasteiger partial charge in [0.05, 0.1) is 18.3 Å². The third kappa shape index (κ3) is 5.46. The van der Waals surface area contributed by atoms with Crippen molar-refractivity contribution in [3.8, 4) is 0 Å². The van der Waals surface area contributed by atoms with Crippen molar-refractivity contribution in [3.05, 3.63) is 16.9 Å². The number of rotatable bonds is 7. The highest BCUT2D eigenvalue weighted by atomic mass is 35.5. The van der Waals surface area contributed by atoms with Crippen LogP contribution in [0, 0.1) is 5.92 Å². The van der Waals surface area contributed by atoms with Gasteiger partial charge in [0, 0.05) is 0 Å². The first-order valence-corrected chi connectivity index (χ1v) is 8.29. The van der Waals surface area contributed by atoms with Crippen molar-refractivity contribution < 1.29 is 14.3 Å². The average Bonchev–Trinajstić information content (AvgIpc) is 2.47. The van der Waals surface area contributed by atoms with Gasteiger partial charge in [-0.25, -0.2) is 14.8 Å². The topological polar surface area (TPSA) is 81.2 Å². The molecule has 1 heterocycles. The smallest absolute Gasteiger partial charge is 0.328 e. The van der Waals surface area contributed by atoms with Gasteiger partial charge in [-0.3, -0.25) is 4.79 Å². The molecule has 1 unspecified atom stereocenters. The molecule has 122 valence electrons. The largest absolute Gasteiger partial charge is 0.467 e. The number of hydrogen-bond donors (Lipinski definition) is 1. The predicted molar refractivity (Wildman–Crippen MR) is 86.2 cm³/mol. The van der Waals surface area contributed by atoms with E-state index in [0.29, 0.717) is 11.6 Å². The van der Waals surface area contributed by atoms with E-state index >= 15 is 0 Å². The number of amides is 1. The Morgan fingerprint density at radius 2 is 2.14 bits per heavy atom. The zero-order valence-corrected chi connectivity index (χ0v) is 14.6. The predicted octanol–water partition coefficient (Wildman–Crippen LogP) is 2.56. The molecule has 8 heteroatoms. The Bertz CT molecular complexity index is 540. The van der Waals surface area contributed by atoms with Crippen LogP contribution in [0.3, 0.4) is 0 Å². The lowest BCUT2D eigenvalue weighted by Crippen LogP contribution is -2.42. The lowest BCUT2D eigenvalue weighted by atomic mass is 10.0. The zero-order valence-electron chi connectivity index (χ0n) is 13.1. The van der Waals surface area contributed by atoms with Crippen LogP contribution in [-0.2, 0) is 9.53 Å². The average molecular weight is 346 g/mol. The van der Waals surface area contributed by atoms with Gasteiger partial charge >= 0.3 is 5.97 Å². The second-order valence-electron chi connectivity index (χ2n) is 4.96. The van der Waals surface area contributed by atoms with Crippen molar-refractivity contribution in [1.29, 1.82) is 0 Å².